The first-order valence-corrected chi connectivity index (χ1v) is 6.36. The lowest BCUT2D eigenvalue weighted by atomic mass is 9.97. The van der Waals surface area contributed by atoms with Crippen LogP contribution in [-0.4, -0.2) is 11.2 Å². The van der Waals surface area contributed by atoms with Crippen molar-refractivity contribution in [1.82, 2.24) is 4.98 Å². The lowest BCUT2D eigenvalue weighted by molar-refractivity contribution is 0.399. The summed E-state index contributed by atoms with van der Waals surface area (Å²) in [5.74, 6) is 0.344. The highest BCUT2D eigenvalue weighted by Gasteiger charge is 2.23. The second kappa shape index (κ2) is 5.75. The summed E-state index contributed by atoms with van der Waals surface area (Å²) in [6.45, 7) is 5.81. The maximum absolute atomic E-state index is 12.8. The van der Waals surface area contributed by atoms with Crippen LogP contribution in [0.3, 0.4) is 0 Å². The first-order valence-electron chi connectivity index (χ1n) is 6.36. The minimum atomic E-state index is -0.308. The van der Waals surface area contributed by atoms with E-state index in [9.17, 15) is 4.39 Å². The molecule has 0 saturated carbocycles. The molecule has 2 aromatic rings. The summed E-state index contributed by atoms with van der Waals surface area (Å²) in [4.78, 5) is 4.12. The molecular weight excluding hydrogens is 271 g/mol. The fourth-order valence-electron chi connectivity index (χ4n) is 1.51. The molecule has 1 N–H and O–H groups in total. The number of oxazole rings is 1. The molecule has 0 atom stereocenters. The number of nitrogens with zero attached hydrogens (tertiary/aromatic N) is 3. The Morgan fingerprint density at radius 1 is 1.33 bits per heavy atom. The number of hydrogen-bond donors (Lipinski definition) is 1. The molecule has 0 unspecified atom stereocenters. The Morgan fingerprint density at radius 3 is 2.57 bits per heavy atom. The van der Waals surface area contributed by atoms with Gasteiger partial charge in [0.05, 0.1) is 6.21 Å². The van der Waals surface area contributed by atoms with Crippen LogP contribution in [0.4, 0.5) is 10.3 Å². The van der Waals surface area contributed by atoms with E-state index in [-0.39, 0.29) is 22.8 Å². The quantitative estimate of drug-likeness (QED) is 0.693. The topological polar surface area (TPSA) is 74.2 Å². The molecular formula is C15H15FN4O. The Morgan fingerprint density at radius 2 is 2.00 bits per heavy atom. The second-order valence-electron chi connectivity index (χ2n) is 5.48. The van der Waals surface area contributed by atoms with Crippen molar-refractivity contribution >= 4 is 12.1 Å². The molecule has 0 saturated heterocycles. The van der Waals surface area contributed by atoms with Gasteiger partial charge in [-0.05, 0) is 17.7 Å². The molecule has 5 nitrogen and oxygen atoms in total. The van der Waals surface area contributed by atoms with Crippen molar-refractivity contribution in [3.8, 4) is 6.07 Å². The van der Waals surface area contributed by atoms with Gasteiger partial charge in [-0.3, -0.25) is 0 Å². The zero-order chi connectivity index (χ0) is 15.5. The highest BCUT2D eigenvalue weighted by atomic mass is 19.1. The minimum Gasteiger partial charge on any atom is -0.421 e. The molecule has 0 amide bonds. The second-order valence-corrected chi connectivity index (χ2v) is 5.48. The largest absolute Gasteiger partial charge is 0.421 e. The van der Waals surface area contributed by atoms with Gasteiger partial charge in [-0.15, -0.1) is 0 Å². The molecule has 1 aromatic carbocycles. The number of halogens is 1. The predicted octanol–water partition coefficient (Wildman–Crippen LogP) is 3.43. The van der Waals surface area contributed by atoms with E-state index in [4.69, 9.17) is 9.68 Å². The van der Waals surface area contributed by atoms with Gasteiger partial charge in [0.15, 0.2) is 0 Å². The van der Waals surface area contributed by atoms with Crippen LogP contribution in [0.5, 0.6) is 0 Å². The lowest BCUT2D eigenvalue weighted by Gasteiger charge is -2.11. The van der Waals surface area contributed by atoms with Crippen LogP contribution in [0.1, 0.15) is 37.9 Å². The predicted molar refractivity (Wildman–Crippen MR) is 77.5 cm³/mol. The highest BCUT2D eigenvalue weighted by molar-refractivity contribution is 5.80. The van der Waals surface area contributed by atoms with E-state index >= 15 is 0 Å². The van der Waals surface area contributed by atoms with Crippen LogP contribution < -0.4 is 5.43 Å². The molecule has 0 aliphatic heterocycles. The van der Waals surface area contributed by atoms with E-state index in [2.05, 4.69) is 15.5 Å². The number of rotatable bonds is 3. The minimum absolute atomic E-state index is 0.149. The first kappa shape index (κ1) is 14.7. The van der Waals surface area contributed by atoms with E-state index < -0.39 is 0 Å². The van der Waals surface area contributed by atoms with Crippen LogP contribution in [-0.2, 0) is 5.41 Å². The number of benzene rings is 1. The van der Waals surface area contributed by atoms with Crippen LogP contribution in [0.25, 0.3) is 0 Å². The number of aromatic nitrogens is 1. The third-order valence-electron chi connectivity index (χ3n) is 2.62. The van der Waals surface area contributed by atoms with Crippen LogP contribution >= 0.6 is 0 Å². The number of anilines is 1. The Hall–Kier alpha value is -2.68. The number of hydrogen-bond acceptors (Lipinski definition) is 5. The van der Waals surface area contributed by atoms with Crippen LogP contribution in [0.2, 0.25) is 0 Å². The molecule has 0 bridgehead atoms. The zero-order valence-electron chi connectivity index (χ0n) is 12.0. The Labute approximate surface area is 122 Å². The summed E-state index contributed by atoms with van der Waals surface area (Å²) in [5.41, 5.74) is 3.21. The van der Waals surface area contributed by atoms with Crippen molar-refractivity contribution < 1.29 is 8.81 Å². The van der Waals surface area contributed by atoms with E-state index in [0.29, 0.717) is 5.89 Å². The average Bonchev–Trinajstić information content (AvgIpc) is 2.84. The van der Waals surface area contributed by atoms with Crippen molar-refractivity contribution in [1.29, 1.82) is 5.26 Å². The SMILES string of the molecule is CC(C)(C)c1nc(C#N)c(NN=Cc2ccc(F)cc2)o1. The van der Waals surface area contributed by atoms with Gasteiger partial charge in [-0.1, -0.05) is 32.9 Å². The Kier molecular flexibility index (Phi) is 4.03. The van der Waals surface area contributed by atoms with Gasteiger partial charge in [0, 0.05) is 5.41 Å². The van der Waals surface area contributed by atoms with Gasteiger partial charge in [0.1, 0.15) is 11.9 Å². The summed E-state index contributed by atoms with van der Waals surface area (Å²) < 4.78 is 18.3. The summed E-state index contributed by atoms with van der Waals surface area (Å²) in [6.07, 6.45) is 1.50. The smallest absolute Gasteiger partial charge is 0.252 e. The van der Waals surface area contributed by atoms with Gasteiger partial charge >= 0.3 is 0 Å². The number of nitrogens with one attached hydrogen (secondary N) is 1. The van der Waals surface area contributed by atoms with Crippen molar-refractivity contribution in [2.75, 3.05) is 5.43 Å². The monoisotopic (exact) mass is 286 g/mol. The number of hydrazone groups is 1. The van der Waals surface area contributed by atoms with Gasteiger partial charge in [-0.2, -0.15) is 15.3 Å². The maximum atomic E-state index is 12.8. The molecule has 108 valence electrons. The maximum Gasteiger partial charge on any atom is 0.252 e. The summed E-state index contributed by atoms with van der Waals surface area (Å²) in [5, 5.41) is 13.0. The molecule has 1 heterocycles. The zero-order valence-corrected chi connectivity index (χ0v) is 12.0. The third-order valence-corrected chi connectivity index (χ3v) is 2.62. The fraction of sp³-hybridized carbons (Fsp3) is 0.267. The van der Waals surface area contributed by atoms with Gasteiger partial charge in [-0.25, -0.2) is 9.82 Å². The normalized spacial score (nSPS) is 11.6. The van der Waals surface area contributed by atoms with Gasteiger partial charge in [0.2, 0.25) is 11.6 Å². The third kappa shape index (κ3) is 3.66. The molecule has 0 aliphatic rings. The molecule has 6 heteroatoms. The molecule has 21 heavy (non-hydrogen) atoms. The van der Waals surface area contributed by atoms with E-state index in [1.165, 1.54) is 18.3 Å². The fourth-order valence-corrected chi connectivity index (χ4v) is 1.51. The molecule has 0 radical (unpaired) electrons. The Balaban J connectivity index is 2.14. The molecule has 0 fully saturated rings. The van der Waals surface area contributed by atoms with Gasteiger partial charge < -0.3 is 4.42 Å². The van der Waals surface area contributed by atoms with E-state index in [1.54, 1.807) is 12.1 Å². The molecule has 2 rings (SSSR count). The van der Waals surface area contributed by atoms with Crippen LogP contribution in [0.15, 0.2) is 33.8 Å². The lowest BCUT2D eigenvalue weighted by Crippen LogP contribution is -2.11. The summed E-state index contributed by atoms with van der Waals surface area (Å²) >= 11 is 0. The highest BCUT2D eigenvalue weighted by Crippen LogP contribution is 2.26. The van der Waals surface area contributed by atoms with Crippen molar-refractivity contribution in [2.24, 2.45) is 5.10 Å². The number of nitriles is 1. The summed E-state index contributed by atoms with van der Waals surface area (Å²) in [6, 6.07) is 7.82. The Bertz CT molecular complexity index is 690. The molecule has 1 aromatic heterocycles. The van der Waals surface area contributed by atoms with Crippen molar-refractivity contribution in [2.45, 2.75) is 26.2 Å². The van der Waals surface area contributed by atoms with Crippen molar-refractivity contribution in [3.05, 3.63) is 47.2 Å². The van der Waals surface area contributed by atoms with Crippen molar-refractivity contribution in [3.63, 3.8) is 0 Å². The molecule has 0 spiro atoms. The van der Waals surface area contributed by atoms with E-state index in [1.807, 2.05) is 26.8 Å². The standard InChI is InChI=1S/C15H15FN4O/c1-15(2,3)14-19-12(8-17)13(21-14)20-18-9-10-4-6-11(16)7-5-10/h4-7,9,20H,1-3H3. The van der Waals surface area contributed by atoms with Crippen LogP contribution in [0, 0.1) is 17.1 Å². The average molecular weight is 286 g/mol. The first-order chi connectivity index (χ1) is 9.90. The van der Waals surface area contributed by atoms with Gasteiger partial charge in [0.25, 0.3) is 5.88 Å². The molecule has 0 aliphatic carbocycles. The summed E-state index contributed by atoms with van der Waals surface area (Å²) in [7, 11) is 0. The van der Waals surface area contributed by atoms with E-state index in [0.717, 1.165) is 5.56 Å².